The third kappa shape index (κ3) is 4.92. The first-order valence-electron chi connectivity index (χ1n) is 10.2. The summed E-state index contributed by atoms with van der Waals surface area (Å²) in [4.78, 5) is 29.7. The maximum absolute atomic E-state index is 12.9. The van der Waals surface area contributed by atoms with E-state index in [-0.39, 0.29) is 12.5 Å². The van der Waals surface area contributed by atoms with Crippen LogP contribution in [0.25, 0.3) is 22.2 Å². The van der Waals surface area contributed by atoms with Crippen LogP contribution >= 0.6 is 0 Å². The first kappa shape index (κ1) is 21.1. The number of rotatable bonds is 7. The molecule has 1 N–H and O–H groups in total. The normalized spacial score (nSPS) is 10.5. The molecule has 0 atom stereocenters. The lowest BCUT2D eigenvalue weighted by molar-refractivity contribution is -0.124. The molecule has 4 rings (SSSR count). The molecule has 0 spiro atoms. The molecular weight excluding hydrogens is 404 g/mol. The number of ether oxygens (including phenoxy) is 2. The number of nitrogens with zero attached hydrogens (tertiary/aromatic N) is 1. The second-order valence-corrected chi connectivity index (χ2v) is 7.14. The Morgan fingerprint density at radius 3 is 2.38 bits per heavy atom. The van der Waals surface area contributed by atoms with Crippen molar-refractivity contribution >= 4 is 22.8 Å². The van der Waals surface area contributed by atoms with Crippen molar-refractivity contribution in [2.24, 2.45) is 0 Å². The monoisotopic (exact) mass is 426 g/mol. The van der Waals surface area contributed by atoms with Gasteiger partial charge in [0.1, 0.15) is 5.75 Å². The molecule has 32 heavy (non-hydrogen) atoms. The molecule has 0 bridgehead atoms. The average molecular weight is 426 g/mol. The molecule has 4 aromatic rings. The summed E-state index contributed by atoms with van der Waals surface area (Å²) in [5, 5.41) is 3.42. The third-order valence-corrected chi connectivity index (χ3v) is 4.99. The van der Waals surface area contributed by atoms with E-state index >= 15 is 0 Å². The van der Waals surface area contributed by atoms with Gasteiger partial charge in [-0.05, 0) is 42.0 Å². The van der Waals surface area contributed by atoms with E-state index in [4.69, 9.17) is 9.47 Å². The summed E-state index contributed by atoms with van der Waals surface area (Å²) < 4.78 is 10.5. The molecule has 6 nitrogen and oxygen atoms in total. The number of aromatic nitrogens is 1. The Labute approximate surface area is 185 Å². The number of hydrogen-bond donors (Lipinski definition) is 1. The molecule has 3 aromatic carbocycles. The van der Waals surface area contributed by atoms with Crippen LogP contribution in [0.5, 0.6) is 5.75 Å². The van der Waals surface area contributed by atoms with Gasteiger partial charge in [0.15, 0.2) is 6.61 Å². The van der Waals surface area contributed by atoms with E-state index in [0.29, 0.717) is 28.7 Å². The van der Waals surface area contributed by atoms with Crippen molar-refractivity contribution in [1.29, 1.82) is 0 Å². The lowest BCUT2D eigenvalue weighted by atomic mass is 10.0. The Bertz CT molecular complexity index is 1240. The number of pyridine rings is 1. The number of carbonyl (C=O) groups excluding carboxylic acids is 2. The van der Waals surface area contributed by atoms with Gasteiger partial charge in [-0.15, -0.1) is 0 Å². The smallest absolute Gasteiger partial charge is 0.339 e. The fourth-order valence-corrected chi connectivity index (χ4v) is 3.31. The maximum atomic E-state index is 12.9. The van der Waals surface area contributed by atoms with Gasteiger partial charge in [0.05, 0.1) is 23.9 Å². The molecule has 0 aliphatic rings. The van der Waals surface area contributed by atoms with Crippen LogP contribution in [-0.2, 0) is 16.1 Å². The number of benzene rings is 3. The summed E-state index contributed by atoms with van der Waals surface area (Å²) in [5.41, 5.74) is 3.47. The molecule has 1 aromatic heterocycles. The Hall–Kier alpha value is -4.19. The van der Waals surface area contributed by atoms with Crippen molar-refractivity contribution in [3.8, 4) is 17.0 Å². The van der Waals surface area contributed by atoms with Gasteiger partial charge in [-0.25, -0.2) is 9.78 Å². The van der Waals surface area contributed by atoms with E-state index in [1.807, 2.05) is 78.9 Å². The standard InChI is InChI=1S/C26H22N2O4/c1-31-20-13-11-19(12-14-20)24-15-22(21-9-5-6-10-23(21)28-24)26(30)32-17-25(29)27-16-18-7-3-2-4-8-18/h2-15H,16-17H2,1H3,(H,27,29). The molecule has 0 fully saturated rings. The van der Waals surface area contributed by atoms with E-state index in [1.165, 1.54) is 0 Å². The second-order valence-electron chi connectivity index (χ2n) is 7.14. The fourth-order valence-electron chi connectivity index (χ4n) is 3.31. The van der Waals surface area contributed by atoms with Gasteiger partial charge < -0.3 is 14.8 Å². The minimum Gasteiger partial charge on any atom is -0.497 e. The molecule has 1 amide bonds. The highest BCUT2D eigenvalue weighted by Crippen LogP contribution is 2.26. The Kier molecular flexibility index (Phi) is 6.41. The predicted octanol–water partition coefficient (Wildman–Crippen LogP) is 4.38. The zero-order valence-corrected chi connectivity index (χ0v) is 17.6. The number of fused-ring (bicyclic) bond motifs is 1. The van der Waals surface area contributed by atoms with E-state index < -0.39 is 5.97 Å². The van der Waals surface area contributed by atoms with Crippen LogP contribution in [0.4, 0.5) is 0 Å². The van der Waals surface area contributed by atoms with E-state index in [2.05, 4.69) is 10.3 Å². The molecular formula is C26H22N2O4. The van der Waals surface area contributed by atoms with Crippen molar-refractivity contribution in [2.45, 2.75) is 6.54 Å². The summed E-state index contributed by atoms with van der Waals surface area (Å²) in [7, 11) is 1.60. The number of para-hydroxylation sites is 1. The molecule has 6 heteroatoms. The van der Waals surface area contributed by atoms with Crippen molar-refractivity contribution in [3.05, 3.63) is 96.1 Å². The molecule has 0 aliphatic carbocycles. The summed E-state index contributed by atoms with van der Waals surface area (Å²) in [6.07, 6.45) is 0. The molecule has 1 heterocycles. The van der Waals surface area contributed by atoms with Gasteiger partial charge in [0.2, 0.25) is 0 Å². The van der Waals surface area contributed by atoms with Crippen LogP contribution in [0.1, 0.15) is 15.9 Å². The summed E-state index contributed by atoms with van der Waals surface area (Å²) in [6.45, 7) is 0.0111. The highest BCUT2D eigenvalue weighted by Gasteiger charge is 2.16. The Balaban J connectivity index is 1.51. The molecule has 160 valence electrons. The summed E-state index contributed by atoms with van der Waals surface area (Å²) in [6, 6.07) is 26.0. The number of methoxy groups -OCH3 is 1. The fraction of sp³-hybridized carbons (Fsp3) is 0.115. The minimum absolute atomic E-state index is 0.359. The number of hydrogen-bond acceptors (Lipinski definition) is 5. The third-order valence-electron chi connectivity index (χ3n) is 4.99. The zero-order valence-electron chi connectivity index (χ0n) is 17.6. The molecule has 0 saturated carbocycles. The zero-order chi connectivity index (χ0) is 22.3. The van der Waals surface area contributed by atoms with Crippen molar-refractivity contribution in [1.82, 2.24) is 10.3 Å². The largest absolute Gasteiger partial charge is 0.497 e. The van der Waals surface area contributed by atoms with Gasteiger partial charge in [0, 0.05) is 17.5 Å². The van der Waals surface area contributed by atoms with Crippen molar-refractivity contribution in [2.75, 3.05) is 13.7 Å². The van der Waals surface area contributed by atoms with Crippen molar-refractivity contribution in [3.63, 3.8) is 0 Å². The number of carbonyl (C=O) groups is 2. The van der Waals surface area contributed by atoms with E-state index in [0.717, 1.165) is 16.9 Å². The highest BCUT2D eigenvalue weighted by atomic mass is 16.5. The van der Waals surface area contributed by atoms with Crippen LogP contribution in [0.2, 0.25) is 0 Å². The minimum atomic E-state index is -0.576. The number of nitrogens with one attached hydrogen (secondary N) is 1. The summed E-state index contributed by atoms with van der Waals surface area (Å²) >= 11 is 0. The van der Waals surface area contributed by atoms with Gasteiger partial charge in [-0.3, -0.25) is 4.79 Å². The van der Waals surface area contributed by atoms with E-state index in [1.54, 1.807) is 13.2 Å². The van der Waals surface area contributed by atoms with Crippen LogP contribution in [-0.4, -0.2) is 30.6 Å². The number of amides is 1. The SMILES string of the molecule is COc1ccc(-c2cc(C(=O)OCC(=O)NCc3ccccc3)c3ccccc3n2)cc1. The lowest BCUT2D eigenvalue weighted by Gasteiger charge is -2.11. The molecule has 0 unspecified atom stereocenters. The quantitative estimate of drug-likeness (QED) is 0.444. The van der Waals surface area contributed by atoms with Gasteiger partial charge >= 0.3 is 5.97 Å². The van der Waals surface area contributed by atoms with Gasteiger partial charge in [-0.1, -0.05) is 48.5 Å². The van der Waals surface area contributed by atoms with Crippen LogP contribution in [0.15, 0.2) is 84.9 Å². The van der Waals surface area contributed by atoms with Gasteiger partial charge in [0.25, 0.3) is 5.91 Å². The first-order chi connectivity index (χ1) is 15.6. The first-order valence-corrected chi connectivity index (χ1v) is 10.2. The van der Waals surface area contributed by atoms with E-state index in [9.17, 15) is 9.59 Å². The topological polar surface area (TPSA) is 77.5 Å². The molecule has 0 saturated heterocycles. The predicted molar refractivity (Wildman–Crippen MR) is 122 cm³/mol. The maximum Gasteiger partial charge on any atom is 0.339 e. The average Bonchev–Trinajstić information content (AvgIpc) is 2.86. The molecule has 0 radical (unpaired) electrons. The second kappa shape index (κ2) is 9.75. The molecule has 0 aliphatic heterocycles. The Morgan fingerprint density at radius 1 is 0.906 bits per heavy atom. The van der Waals surface area contributed by atoms with Crippen LogP contribution < -0.4 is 10.1 Å². The summed E-state index contributed by atoms with van der Waals surface area (Å²) in [5.74, 6) is -0.208. The van der Waals surface area contributed by atoms with Crippen LogP contribution in [0, 0.1) is 0 Å². The Morgan fingerprint density at radius 2 is 1.62 bits per heavy atom. The van der Waals surface area contributed by atoms with Gasteiger partial charge in [-0.2, -0.15) is 0 Å². The van der Waals surface area contributed by atoms with Crippen molar-refractivity contribution < 1.29 is 19.1 Å². The number of esters is 1. The lowest BCUT2D eigenvalue weighted by Crippen LogP contribution is -2.28. The highest BCUT2D eigenvalue weighted by molar-refractivity contribution is 6.05. The van der Waals surface area contributed by atoms with Crippen LogP contribution in [0.3, 0.4) is 0 Å².